The van der Waals surface area contributed by atoms with Crippen molar-refractivity contribution in [3.63, 3.8) is 0 Å². The van der Waals surface area contributed by atoms with Gasteiger partial charge in [0.2, 0.25) is 0 Å². The minimum absolute atomic E-state index is 0.764. The van der Waals surface area contributed by atoms with Crippen LogP contribution in [-0.4, -0.2) is 12.8 Å². The molecule has 0 atom stereocenters. The molecule has 1 heterocycles. The molecule has 0 aromatic carbocycles. The quantitative estimate of drug-likeness (QED) is 0.526. The van der Waals surface area contributed by atoms with E-state index in [4.69, 9.17) is 11.6 Å². The number of nitrogens with zero attached hydrogens (tertiary/aromatic N) is 1. The van der Waals surface area contributed by atoms with Crippen LogP contribution in [0.1, 0.15) is 5.56 Å². The summed E-state index contributed by atoms with van der Waals surface area (Å²) in [5.41, 5.74) is 1.16. The van der Waals surface area contributed by atoms with Crippen molar-refractivity contribution in [2.24, 2.45) is 0 Å². The molecule has 0 radical (unpaired) electrons. The monoisotopic (exact) mass is 139 g/mol. The number of rotatable bonds is 1. The van der Waals surface area contributed by atoms with Gasteiger partial charge in [-0.15, -0.1) is 0 Å². The first-order valence-corrected chi connectivity index (χ1v) is 3.30. The maximum atomic E-state index is 5.76. The van der Waals surface area contributed by atoms with E-state index in [0.717, 1.165) is 16.9 Å². The molecule has 0 aliphatic carbocycles. The first-order valence-electron chi connectivity index (χ1n) is 2.93. The Balaban J connectivity index is 3.01. The van der Waals surface area contributed by atoms with Gasteiger partial charge < -0.3 is 0 Å². The van der Waals surface area contributed by atoms with Gasteiger partial charge in [0.05, 0.1) is 5.02 Å². The Bertz CT molecular complexity index is 202. The molecule has 0 fully saturated rings. The Morgan fingerprint density at radius 3 is 2.89 bits per heavy atom. The fourth-order valence-corrected chi connectivity index (χ4v) is 0.944. The van der Waals surface area contributed by atoms with Crippen molar-refractivity contribution in [1.29, 1.82) is 0 Å². The summed E-state index contributed by atoms with van der Waals surface area (Å²) in [5.74, 6) is 0. The molecule has 1 rings (SSSR count). The van der Waals surface area contributed by atoms with Crippen LogP contribution < -0.4 is 0 Å². The normalized spacial score (nSPS) is 9.44. The molecule has 0 aliphatic rings. The summed E-state index contributed by atoms with van der Waals surface area (Å²) in [4.78, 5) is 3.86. The van der Waals surface area contributed by atoms with Gasteiger partial charge in [0.25, 0.3) is 0 Å². The summed E-state index contributed by atoms with van der Waals surface area (Å²) in [7, 11) is 2.07. The minimum atomic E-state index is 0.764. The highest BCUT2D eigenvalue weighted by atomic mass is 35.5. The van der Waals surface area contributed by atoms with Gasteiger partial charge in [0.15, 0.2) is 0 Å². The van der Waals surface area contributed by atoms with E-state index in [0.29, 0.717) is 0 Å². The summed E-state index contributed by atoms with van der Waals surface area (Å²) in [5, 5.41) is 0.764. The highest BCUT2D eigenvalue weighted by Crippen LogP contribution is 2.11. The van der Waals surface area contributed by atoms with Crippen LogP contribution in [0.15, 0.2) is 18.5 Å². The molecule has 1 aromatic heterocycles. The van der Waals surface area contributed by atoms with E-state index in [2.05, 4.69) is 12.8 Å². The van der Waals surface area contributed by atoms with E-state index in [1.54, 1.807) is 12.4 Å². The van der Waals surface area contributed by atoms with Gasteiger partial charge in [0.1, 0.15) is 7.85 Å². The van der Waals surface area contributed by atoms with Crippen LogP contribution >= 0.6 is 11.6 Å². The predicted molar refractivity (Wildman–Crippen MR) is 41.5 cm³/mol. The lowest BCUT2D eigenvalue weighted by molar-refractivity contribution is 1.27. The number of halogens is 1. The molecule has 1 nitrogen and oxygen atoms in total. The maximum Gasteiger partial charge on any atom is 0.107 e. The fraction of sp³-hybridized carbons (Fsp3) is 0.167. The van der Waals surface area contributed by atoms with Crippen molar-refractivity contribution >= 4 is 19.4 Å². The van der Waals surface area contributed by atoms with E-state index < -0.39 is 0 Å². The highest BCUT2D eigenvalue weighted by Gasteiger charge is 1.92. The van der Waals surface area contributed by atoms with E-state index in [1.807, 2.05) is 6.07 Å². The van der Waals surface area contributed by atoms with Crippen LogP contribution in [0, 0.1) is 0 Å². The molecule has 0 bridgehead atoms. The molecule has 0 aliphatic heterocycles. The molecule has 0 saturated heterocycles. The second-order valence-electron chi connectivity index (χ2n) is 1.82. The van der Waals surface area contributed by atoms with Crippen LogP contribution in [0.5, 0.6) is 0 Å². The number of pyridine rings is 1. The highest BCUT2D eigenvalue weighted by molar-refractivity contribution is 6.31. The molecule has 0 N–H and O–H groups in total. The Hall–Kier alpha value is -0.495. The van der Waals surface area contributed by atoms with Crippen molar-refractivity contribution in [2.45, 2.75) is 6.32 Å². The summed E-state index contributed by atoms with van der Waals surface area (Å²) in [6, 6.07) is 1.93. The van der Waals surface area contributed by atoms with Crippen molar-refractivity contribution in [3.05, 3.63) is 29.0 Å². The van der Waals surface area contributed by atoms with Crippen LogP contribution in [0.2, 0.25) is 5.02 Å². The van der Waals surface area contributed by atoms with Crippen molar-refractivity contribution in [1.82, 2.24) is 4.98 Å². The third-order valence-electron chi connectivity index (χ3n) is 1.24. The molecule has 9 heavy (non-hydrogen) atoms. The summed E-state index contributed by atoms with van der Waals surface area (Å²) < 4.78 is 0. The lowest BCUT2D eigenvalue weighted by Gasteiger charge is -1.95. The average Bonchev–Trinajstić information content (AvgIpc) is 1.89. The molecule has 0 unspecified atom stereocenters. The standard InChI is InChI=1S/C6H7BClN/c7-3-5-1-2-9-4-6(5)8/h1-2,4H,3,7H2. The molecule has 1 aromatic rings. The zero-order valence-corrected chi connectivity index (χ0v) is 6.02. The van der Waals surface area contributed by atoms with Gasteiger partial charge >= 0.3 is 0 Å². The largest absolute Gasteiger partial charge is 0.263 e. The maximum absolute atomic E-state index is 5.76. The molecular weight excluding hydrogens is 132 g/mol. The van der Waals surface area contributed by atoms with Crippen LogP contribution in [-0.2, 0) is 6.32 Å². The Kier molecular flexibility index (Phi) is 2.12. The fourth-order valence-electron chi connectivity index (χ4n) is 0.691. The molecule has 0 spiro atoms. The first kappa shape index (κ1) is 6.62. The van der Waals surface area contributed by atoms with Gasteiger partial charge in [-0.3, -0.25) is 4.98 Å². The van der Waals surface area contributed by atoms with Crippen molar-refractivity contribution in [3.8, 4) is 0 Å². The summed E-state index contributed by atoms with van der Waals surface area (Å²) in [6.45, 7) is 0. The number of hydrogen-bond donors (Lipinski definition) is 0. The van der Waals surface area contributed by atoms with Crippen molar-refractivity contribution in [2.75, 3.05) is 0 Å². The average molecular weight is 139 g/mol. The van der Waals surface area contributed by atoms with Gasteiger partial charge in [-0.2, -0.15) is 0 Å². The molecule has 3 heteroatoms. The first-order chi connectivity index (χ1) is 4.34. The zero-order valence-electron chi connectivity index (χ0n) is 5.26. The second-order valence-corrected chi connectivity index (χ2v) is 2.23. The van der Waals surface area contributed by atoms with Crippen LogP contribution in [0.4, 0.5) is 0 Å². The smallest absolute Gasteiger partial charge is 0.107 e. The van der Waals surface area contributed by atoms with Gasteiger partial charge in [-0.1, -0.05) is 17.9 Å². The summed E-state index contributed by atoms with van der Waals surface area (Å²) in [6.07, 6.45) is 4.40. The second kappa shape index (κ2) is 2.88. The third-order valence-corrected chi connectivity index (χ3v) is 1.58. The number of aromatic nitrogens is 1. The van der Waals surface area contributed by atoms with Gasteiger partial charge in [-0.25, -0.2) is 0 Å². The van der Waals surface area contributed by atoms with E-state index in [1.165, 1.54) is 0 Å². The minimum Gasteiger partial charge on any atom is -0.263 e. The van der Waals surface area contributed by atoms with Crippen molar-refractivity contribution < 1.29 is 0 Å². The van der Waals surface area contributed by atoms with Gasteiger partial charge in [0, 0.05) is 12.4 Å². The van der Waals surface area contributed by atoms with E-state index in [9.17, 15) is 0 Å². The Morgan fingerprint density at radius 2 is 2.44 bits per heavy atom. The molecule has 46 valence electrons. The SMILES string of the molecule is BCc1ccncc1Cl. The van der Waals surface area contributed by atoms with Crippen LogP contribution in [0.25, 0.3) is 0 Å². The Labute approximate surface area is 60.5 Å². The van der Waals surface area contributed by atoms with E-state index in [-0.39, 0.29) is 0 Å². The Morgan fingerprint density at radius 1 is 1.67 bits per heavy atom. The van der Waals surface area contributed by atoms with Gasteiger partial charge in [-0.05, 0) is 11.6 Å². The predicted octanol–water partition coefficient (Wildman–Crippen LogP) is 0.868. The number of hydrogen-bond acceptors (Lipinski definition) is 1. The van der Waals surface area contributed by atoms with Crippen LogP contribution in [0.3, 0.4) is 0 Å². The molecule has 0 saturated carbocycles. The lowest BCUT2D eigenvalue weighted by atomic mass is 9.98. The third kappa shape index (κ3) is 1.45. The summed E-state index contributed by atoms with van der Waals surface area (Å²) >= 11 is 5.76. The topological polar surface area (TPSA) is 12.9 Å². The lowest BCUT2D eigenvalue weighted by Crippen LogP contribution is -1.84. The zero-order chi connectivity index (χ0) is 6.69. The molecule has 0 amide bonds. The molecular formula is C6H7BClN. The van der Waals surface area contributed by atoms with E-state index >= 15 is 0 Å².